The molecule has 4 heterocycles. The van der Waals surface area contributed by atoms with Crippen molar-refractivity contribution < 1.29 is 22.8 Å². The first kappa shape index (κ1) is 27.7. The molecule has 2 aliphatic heterocycles. The molecule has 41 heavy (non-hydrogen) atoms. The molecule has 2 unspecified atom stereocenters. The minimum Gasteiger partial charge on any atom is -0.340 e. The Bertz CT molecular complexity index is 1440. The number of aromatic amines is 1. The summed E-state index contributed by atoms with van der Waals surface area (Å²) in [5, 5.41) is 10.5. The smallest absolute Gasteiger partial charge is 0.282 e. The van der Waals surface area contributed by atoms with Crippen molar-refractivity contribution in [1.82, 2.24) is 35.3 Å². The van der Waals surface area contributed by atoms with Crippen molar-refractivity contribution in [1.29, 1.82) is 0 Å². The number of H-pyrrole nitrogens is 1. The summed E-state index contributed by atoms with van der Waals surface area (Å²) in [6.45, 7) is 4.18. The number of hydrogen-bond acceptors (Lipinski definition) is 5. The number of amides is 2. The SMILES string of the molecule is CCn1nccc1C(=O)N[C@H](c1nc2c(F)c(C3CNCC3C(=O)N3CC(F)(F)C3)ccc2[nH]1)C1CCC(C)CC1. The number of hydrogen-bond donors (Lipinski definition) is 3. The van der Waals surface area contributed by atoms with Crippen molar-refractivity contribution in [3.63, 3.8) is 0 Å². The lowest BCUT2D eigenvalue weighted by Crippen LogP contribution is -2.60. The van der Waals surface area contributed by atoms with E-state index in [9.17, 15) is 18.4 Å². The van der Waals surface area contributed by atoms with Gasteiger partial charge in [0.2, 0.25) is 5.91 Å². The monoisotopic (exact) mass is 571 g/mol. The Morgan fingerprint density at radius 2 is 1.90 bits per heavy atom. The molecule has 1 saturated carbocycles. The number of likely N-dealkylation sites (tertiary alicyclic amines) is 1. The van der Waals surface area contributed by atoms with Gasteiger partial charge in [0.25, 0.3) is 11.8 Å². The number of benzene rings is 1. The predicted molar refractivity (Wildman–Crippen MR) is 146 cm³/mol. The molecule has 3 N–H and O–H groups in total. The Morgan fingerprint density at radius 1 is 1.15 bits per heavy atom. The zero-order valence-electron chi connectivity index (χ0n) is 23.3. The van der Waals surface area contributed by atoms with Crippen molar-refractivity contribution in [3.8, 4) is 0 Å². The molecule has 0 spiro atoms. The highest BCUT2D eigenvalue weighted by Gasteiger charge is 2.49. The highest BCUT2D eigenvalue weighted by Crippen LogP contribution is 2.39. The Kier molecular flexibility index (Phi) is 7.29. The van der Waals surface area contributed by atoms with Gasteiger partial charge in [-0.15, -0.1) is 0 Å². The molecule has 12 heteroatoms. The molecule has 1 aliphatic carbocycles. The molecule has 2 aromatic heterocycles. The molecular weight excluding hydrogens is 535 g/mol. The maximum absolute atomic E-state index is 16.1. The highest BCUT2D eigenvalue weighted by atomic mass is 19.3. The van der Waals surface area contributed by atoms with Crippen molar-refractivity contribution in [2.45, 2.75) is 64.0 Å². The third-order valence-corrected chi connectivity index (χ3v) is 9.09. The van der Waals surface area contributed by atoms with E-state index in [4.69, 9.17) is 0 Å². The summed E-state index contributed by atoms with van der Waals surface area (Å²) in [5.74, 6) is -3.92. The summed E-state index contributed by atoms with van der Waals surface area (Å²) in [6.07, 6.45) is 5.50. The topological polar surface area (TPSA) is 108 Å². The lowest BCUT2D eigenvalue weighted by atomic mass is 9.79. The molecule has 0 radical (unpaired) electrons. The van der Waals surface area contributed by atoms with Crippen LogP contribution in [0.4, 0.5) is 13.2 Å². The van der Waals surface area contributed by atoms with Crippen molar-refractivity contribution in [2.75, 3.05) is 26.2 Å². The van der Waals surface area contributed by atoms with Gasteiger partial charge in [-0.2, -0.15) is 5.10 Å². The second-order valence-corrected chi connectivity index (χ2v) is 11.9. The Hall–Kier alpha value is -3.41. The minimum absolute atomic E-state index is 0.131. The van der Waals surface area contributed by atoms with E-state index in [1.54, 1.807) is 29.1 Å². The number of aryl methyl sites for hydroxylation is 1. The van der Waals surface area contributed by atoms with Gasteiger partial charge in [-0.25, -0.2) is 18.2 Å². The average molecular weight is 572 g/mol. The summed E-state index contributed by atoms with van der Waals surface area (Å²) in [4.78, 5) is 35.4. The van der Waals surface area contributed by atoms with Crippen LogP contribution in [0.25, 0.3) is 11.0 Å². The van der Waals surface area contributed by atoms with Gasteiger partial charge < -0.3 is 20.5 Å². The second kappa shape index (κ2) is 10.8. The molecule has 6 rings (SSSR count). The number of carbonyl (C=O) groups excluding carboxylic acids is 2. The van der Waals surface area contributed by atoms with Crippen LogP contribution in [0.5, 0.6) is 0 Å². The first-order valence-corrected chi connectivity index (χ1v) is 14.5. The Labute approximate surface area is 236 Å². The molecule has 2 amide bonds. The first-order valence-electron chi connectivity index (χ1n) is 14.5. The van der Waals surface area contributed by atoms with Crippen LogP contribution in [0.15, 0.2) is 24.4 Å². The number of nitrogens with one attached hydrogen (secondary N) is 3. The molecule has 0 bridgehead atoms. The van der Waals surface area contributed by atoms with E-state index in [0.717, 1.165) is 30.6 Å². The lowest BCUT2D eigenvalue weighted by molar-refractivity contribution is -0.169. The average Bonchev–Trinajstić information content (AvgIpc) is 3.70. The van der Waals surface area contributed by atoms with E-state index >= 15 is 4.39 Å². The molecule has 3 aliphatic rings. The summed E-state index contributed by atoms with van der Waals surface area (Å²) in [5.41, 5.74) is 1.44. The maximum Gasteiger partial charge on any atom is 0.282 e. The van der Waals surface area contributed by atoms with Crippen molar-refractivity contribution >= 4 is 22.8 Å². The predicted octanol–water partition coefficient (Wildman–Crippen LogP) is 4.00. The zero-order valence-corrected chi connectivity index (χ0v) is 23.3. The molecule has 3 atom stereocenters. The number of aromatic nitrogens is 4. The molecule has 2 saturated heterocycles. The van der Waals surface area contributed by atoms with Gasteiger partial charge in [0, 0.05) is 31.7 Å². The number of rotatable bonds is 7. The number of fused-ring (bicyclic) bond motifs is 1. The number of nitrogens with zero attached hydrogens (tertiary/aromatic N) is 4. The van der Waals surface area contributed by atoms with Gasteiger partial charge >= 0.3 is 0 Å². The number of alkyl halides is 2. The molecular formula is C29H36F3N7O2. The molecule has 1 aromatic carbocycles. The highest BCUT2D eigenvalue weighted by molar-refractivity contribution is 5.92. The van der Waals surface area contributed by atoms with Gasteiger partial charge in [0.05, 0.1) is 30.6 Å². The fourth-order valence-electron chi connectivity index (χ4n) is 6.70. The van der Waals surface area contributed by atoms with Crippen LogP contribution in [0.2, 0.25) is 0 Å². The summed E-state index contributed by atoms with van der Waals surface area (Å²) in [6, 6.07) is 4.63. The third kappa shape index (κ3) is 5.22. The fraction of sp³-hybridized carbons (Fsp3) is 0.586. The van der Waals surface area contributed by atoms with Crippen LogP contribution in [0.1, 0.15) is 73.4 Å². The molecule has 220 valence electrons. The summed E-state index contributed by atoms with van der Waals surface area (Å²) < 4.78 is 44.5. The Morgan fingerprint density at radius 3 is 2.61 bits per heavy atom. The van der Waals surface area contributed by atoms with Crippen LogP contribution < -0.4 is 10.6 Å². The van der Waals surface area contributed by atoms with E-state index in [2.05, 4.69) is 32.6 Å². The molecule has 9 nitrogen and oxygen atoms in total. The number of halogens is 3. The minimum atomic E-state index is -2.86. The van der Waals surface area contributed by atoms with Gasteiger partial charge in [0.1, 0.15) is 17.0 Å². The fourth-order valence-corrected chi connectivity index (χ4v) is 6.70. The molecule has 3 fully saturated rings. The number of imidazole rings is 1. The van der Waals surface area contributed by atoms with Gasteiger partial charge in [0.15, 0.2) is 5.82 Å². The van der Waals surface area contributed by atoms with E-state index < -0.39 is 42.7 Å². The van der Waals surface area contributed by atoms with Crippen LogP contribution in [0, 0.1) is 23.6 Å². The normalized spacial score (nSPS) is 26.6. The standard InChI is InChI=1S/C29H36F3N7O2/c1-3-39-22(10-11-34-39)27(40)37-24(17-6-4-16(2)5-7-17)26-35-21-9-8-18(23(30)25(21)36-26)19-12-33-13-20(19)28(41)38-14-29(31,32)15-38/h8-11,16-17,19-20,24,33H,3-7,12-15H2,1-2H3,(H,35,36)(H,37,40)/t16?,17?,19?,20?,24-/m0/s1. The van der Waals surface area contributed by atoms with Crippen LogP contribution in [-0.2, 0) is 11.3 Å². The number of carbonyl (C=O) groups is 2. The van der Waals surface area contributed by atoms with E-state index in [-0.39, 0.29) is 23.2 Å². The first-order chi connectivity index (χ1) is 19.6. The van der Waals surface area contributed by atoms with Crippen molar-refractivity contribution in [3.05, 3.63) is 47.3 Å². The van der Waals surface area contributed by atoms with Crippen LogP contribution in [0.3, 0.4) is 0 Å². The van der Waals surface area contributed by atoms with E-state index in [0.29, 0.717) is 48.2 Å². The van der Waals surface area contributed by atoms with Gasteiger partial charge in [-0.1, -0.05) is 25.8 Å². The van der Waals surface area contributed by atoms with E-state index in [1.807, 2.05) is 6.92 Å². The zero-order chi connectivity index (χ0) is 28.9. The largest absolute Gasteiger partial charge is 0.340 e. The quantitative estimate of drug-likeness (QED) is 0.398. The van der Waals surface area contributed by atoms with Crippen LogP contribution >= 0.6 is 0 Å². The lowest BCUT2D eigenvalue weighted by Gasteiger charge is -2.40. The van der Waals surface area contributed by atoms with E-state index in [1.165, 1.54) is 0 Å². The van der Waals surface area contributed by atoms with Crippen LogP contribution in [-0.4, -0.2) is 68.6 Å². The Balaban J connectivity index is 1.29. The summed E-state index contributed by atoms with van der Waals surface area (Å²) >= 11 is 0. The summed E-state index contributed by atoms with van der Waals surface area (Å²) in [7, 11) is 0. The second-order valence-electron chi connectivity index (χ2n) is 11.9. The van der Waals surface area contributed by atoms with Gasteiger partial charge in [-0.05, 0) is 49.3 Å². The third-order valence-electron chi connectivity index (χ3n) is 9.09. The maximum atomic E-state index is 16.1. The molecule has 3 aromatic rings. The van der Waals surface area contributed by atoms with Crippen molar-refractivity contribution in [2.24, 2.45) is 17.8 Å². The van der Waals surface area contributed by atoms with Gasteiger partial charge in [-0.3, -0.25) is 14.3 Å².